The van der Waals surface area contributed by atoms with Crippen molar-refractivity contribution < 1.29 is 14.2 Å². The van der Waals surface area contributed by atoms with Crippen LogP contribution in [0, 0.1) is 0 Å². The number of rotatable bonds is 4. The summed E-state index contributed by atoms with van der Waals surface area (Å²) in [6.45, 7) is -0.313. The summed E-state index contributed by atoms with van der Waals surface area (Å²) in [4.78, 5) is 11.2. The van der Waals surface area contributed by atoms with Gasteiger partial charge in [-0.2, -0.15) is 0 Å². The van der Waals surface area contributed by atoms with Crippen LogP contribution in [0.5, 0.6) is 0 Å². The second-order valence-corrected chi connectivity index (χ2v) is 4.40. The van der Waals surface area contributed by atoms with Crippen LogP contribution in [0.25, 0.3) is 0 Å². The van der Waals surface area contributed by atoms with Crippen molar-refractivity contribution in [3.05, 3.63) is 35.9 Å². The Kier molecular flexibility index (Phi) is 4.22. The number of carbonyl (C=O) groups excluding carboxylic acids is 1. The van der Waals surface area contributed by atoms with Crippen LogP contribution in [0.3, 0.4) is 0 Å². The first-order chi connectivity index (χ1) is 6.20. The minimum absolute atomic E-state index is 0.278. The maximum absolute atomic E-state index is 11.2. The molecule has 0 heterocycles. The Morgan fingerprint density at radius 2 is 2.00 bits per heavy atom. The second-order valence-electron chi connectivity index (χ2n) is 2.30. The van der Waals surface area contributed by atoms with Crippen LogP contribution in [0.1, 0.15) is 10.4 Å². The van der Waals surface area contributed by atoms with Crippen molar-refractivity contribution in [1.29, 1.82) is 0 Å². The first-order valence-corrected chi connectivity index (χ1v) is 6.80. The Morgan fingerprint density at radius 1 is 1.38 bits per heavy atom. The molecule has 0 fully saturated rings. The predicted octanol–water partition coefficient (Wildman–Crippen LogP) is 0.294. The quantitative estimate of drug-likeness (QED) is 0.639. The molecular weight excluding hydrogens is 282 g/mol. The van der Waals surface area contributed by atoms with Crippen molar-refractivity contribution >= 4 is 26.8 Å². The van der Waals surface area contributed by atoms with Gasteiger partial charge in [-0.1, -0.05) is 0 Å². The number of carbonyl (C=O) groups is 1. The van der Waals surface area contributed by atoms with Gasteiger partial charge in [-0.3, -0.25) is 0 Å². The van der Waals surface area contributed by atoms with Crippen molar-refractivity contribution in [3.8, 4) is 0 Å². The molecule has 0 unspecified atom stereocenters. The molecule has 0 aliphatic rings. The summed E-state index contributed by atoms with van der Waals surface area (Å²) in [6, 6.07) is 8.51. The summed E-state index contributed by atoms with van der Waals surface area (Å²) < 4.78 is 23.0. The van der Waals surface area contributed by atoms with Gasteiger partial charge < -0.3 is 0 Å². The van der Waals surface area contributed by atoms with E-state index in [-0.39, 0.29) is 12.4 Å². The first-order valence-electron chi connectivity index (χ1n) is 3.57. The normalized spacial score (nSPS) is 9.62. The van der Waals surface area contributed by atoms with Crippen molar-refractivity contribution in [2.75, 3.05) is 6.61 Å². The molecule has 0 atom stereocenters. The van der Waals surface area contributed by atoms with Gasteiger partial charge in [0.2, 0.25) is 0 Å². The topological polar surface area (TPSA) is 63.6 Å². The Balaban J connectivity index is 2.54. The van der Waals surface area contributed by atoms with Gasteiger partial charge in [-0.25, -0.2) is 0 Å². The summed E-state index contributed by atoms with van der Waals surface area (Å²) in [5.74, 6) is -0.278. The van der Waals surface area contributed by atoms with E-state index >= 15 is 0 Å². The molecule has 0 amide bonds. The van der Waals surface area contributed by atoms with Gasteiger partial charge in [0.1, 0.15) is 0 Å². The number of hydrogen-bond donors (Lipinski definition) is 1. The monoisotopic (exact) mass is 289 g/mol. The molecule has 4 nitrogen and oxygen atoms in total. The summed E-state index contributed by atoms with van der Waals surface area (Å²) in [5, 5.41) is 0. The second kappa shape index (κ2) is 5.22. The van der Waals surface area contributed by atoms with Crippen molar-refractivity contribution in [3.63, 3.8) is 0 Å². The summed E-state index contributed by atoms with van der Waals surface area (Å²) >= 11 is -3.70. The van der Waals surface area contributed by atoms with Crippen LogP contribution in [0.2, 0.25) is 0 Å². The van der Waals surface area contributed by atoms with Crippen LogP contribution in [-0.2, 0) is 6.03 Å². The average molecular weight is 290 g/mol. The van der Waals surface area contributed by atoms with Crippen LogP contribution in [-0.4, -0.2) is 36.8 Å². The summed E-state index contributed by atoms with van der Waals surface area (Å²) in [7, 11) is 0. The molecule has 0 aromatic heterocycles. The van der Waals surface area contributed by atoms with Crippen molar-refractivity contribution in [2.24, 2.45) is 0 Å². The third kappa shape index (κ3) is 3.76. The molecule has 0 bridgehead atoms. The van der Waals surface area contributed by atoms with E-state index in [9.17, 15) is 7.81 Å². The molecule has 69 valence electrons. The van der Waals surface area contributed by atoms with Gasteiger partial charge in [0.15, 0.2) is 0 Å². The standard InChI is InChI=1S/C8H7O2.H2O.O.Sb/c9-6-8(10)7-4-2-1-3-5-7;;;/h1-5H,6H2;1H2;;/q-1;;;+2/p-1. The molecular formula is C8H8O4Sb. The van der Waals surface area contributed by atoms with E-state index in [0.29, 0.717) is 5.56 Å². The van der Waals surface area contributed by atoms with E-state index in [1.165, 1.54) is 0 Å². The van der Waals surface area contributed by atoms with Gasteiger partial charge in [0.25, 0.3) is 0 Å². The molecule has 13 heavy (non-hydrogen) atoms. The Bertz CT molecular complexity index is 309. The molecule has 1 N–H and O–H groups in total. The molecule has 1 aromatic rings. The zero-order chi connectivity index (χ0) is 9.68. The Labute approximate surface area is 83.6 Å². The molecule has 0 spiro atoms. The van der Waals surface area contributed by atoms with E-state index in [0.717, 1.165) is 0 Å². The van der Waals surface area contributed by atoms with Gasteiger partial charge in [0.05, 0.1) is 0 Å². The summed E-state index contributed by atoms with van der Waals surface area (Å²) in [6.07, 6.45) is 0. The fraction of sp³-hybridized carbons (Fsp3) is 0.125. The van der Waals surface area contributed by atoms with Crippen LogP contribution >= 0.6 is 0 Å². The Hall–Kier alpha value is -0.572. The molecule has 0 saturated heterocycles. The number of Topliss-reactive ketones (excluding diaryl/α,β-unsaturated/α-hetero) is 1. The van der Waals surface area contributed by atoms with Gasteiger partial charge in [-0.05, 0) is 0 Å². The van der Waals surface area contributed by atoms with E-state index < -0.39 is 21.0 Å². The van der Waals surface area contributed by atoms with E-state index in [2.05, 4.69) is 3.02 Å². The molecule has 1 aromatic carbocycles. The molecule has 0 saturated carbocycles. The van der Waals surface area contributed by atoms with Crippen LogP contribution in [0.15, 0.2) is 30.3 Å². The van der Waals surface area contributed by atoms with Crippen LogP contribution < -0.4 is 0 Å². The number of benzene rings is 1. The fourth-order valence-electron chi connectivity index (χ4n) is 0.821. The zero-order valence-electron chi connectivity index (χ0n) is 6.71. The number of hydrogen-bond acceptors (Lipinski definition) is 3. The Morgan fingerprint density at radius 3 is 2.54 bits per heavy atom. The molecule has 1 radical (unpaired) electrons. The van der Waals surface area contributed by atoms with Crippen LogP contribution in [0.4, 0.5) is 0 Å². The molecule has 0 aliphatic heterocycles. The SMILES string of the molecule is O=C(C[O][Sb](=[O])[OH])c1ccccc1. The van der Waals surface area contributed by atoms with E-state index in [1.54, 1.807) is 30.3 Å². The zero-order valence-corrected chi connectivity index (χ0v) is 9.27. The number of ketones is 1. The molecule has 1 rings (SSSR count). The average Bonchev–Trinajstić information content (AvgIpc) is 2.15. The van der Waals surface area contributed by atoms with Gasteiger partial charge in [0, 0.05) is 0 Å². The minimum atomic E-state index is -3.70. The maximum atomic E-state index is 11.2. The van der Waals surface area contributed by atoms with E-state index in [1.807, 2.05) is 0 Å². The van der Waals surface area contributed by atoms with E-state index in [4.69, 9.17) is 3.39 Å². The molecule has 0 aliphatic carbocycles. The first kappa shape index (κ1) is 10.5. The third-order valence-corrected chi connectivity index (χ3v) is 2.40. The fourth-order valence-corrected chi connectivity index (χ4v) is 1.47. The summed E-state index contributed by atoms with van der Waals surface area (Å²) in [5.41, 5.74) is 0.491. The molecule has 5 heteroatoms. The van der Waals surface area contributed by atoms with Gasteiger partial charge >= 0.3 is 83.5 Å². The van der Waals surface area contributed by atoms with Crippen molar-refractivity contribution in [1.82, 2.24) is 0 Å². The van der Waals surface area contributed by atoms with Gasteiger partial charge in [-0.15, -0.1) is 0 Å². The van der Waals surface area contributed by atoms with Crippen molar-refractivity contribution in [2.45, 2.75) is 0 Å². The predicted molar refractivity (Wildman–Crippen MR) is 45.4 cm³/mol. The third-order valence-electron chi connectivity index (χ3n) is 1.40.